The van der Waals surface area contributed by atoms with Crippen molar-refractivity contribution in [2.24, 2.45) is 0 Å². The number of nitrogens with zero attached hydrogens (tertiary/aromatic N) is 1. The molecule has 16 heavy (non-hydrogen) atoms. The largest absolute Gasteiger partial charge is 0.374 e. The highest BCUT2D eigenvalue weighted by atomic mass is 16.2. The number of carbonyl (C=O) groups excluding carboxylic acids is 1. The predicted octanol–water partition coefficient (Wildman–Crippen LogP) is 2.37. The van der Waals surface area contributed by atoms with Gasteiger partial charge in [-0.1, -0.05) is 26.8 Å². The van der Waals surface area contributed by atoms with Crippen molar-refractivity contribution in [3.8, 4) is 0 Å². The van der Waals surface area contributed by atoms with E-state index in [1.54, 1.807) is 4.90 Å². The molecular formula is C13H18N2O. The Balaban J connectivity index is 2.48. The first-order chi connectivity index (χ1) is 7.39. The fraction of sp³-hybridized carbons (Fsp3) is 0.462. The number of fused-ring (bicyclic) bond motifs is 1. The molecular weight excluding hydrogens is 200 g/mol. The molecule has 0 atom stereocenters. The summed E-state index contributed by atoms with van der Waals surface area (Å²) in [4.78, 5) is 13.3. The molecule has 0 bridgehead atoms. The zero-order chi connectivity index (χ0) is 11.9. The summed E-state index contributed by atoms with van der Waals surface area (Å²) in [5.41, 5.74) is 3.37. The van der Waals surface area contributed by atoms with Gasteiger partial charge in [0.2, 0.25) is 5.91 Å². The number of benzene rings is 1. The van der Waals surface area contributed by atoms with Crippen molar-refractivity contribution in [1.29, 1.82) is 0 Å². The number of carbonyl (C=O) groups is 1. The highest BCUT2D eigenvalue weighted by Crippen LogP contribution is 2.33. The summed E-state index contributed by atoms with van der Waals surface area (Å²) in [6.07, 6.45) is 0. The van der Waals surface area contributed by atoms with Crippen LogP contribution in [0.2, 0.25) is 0 Å². The predicted molar refractivity (Wildman–Crippen MR) is 67.0 cm³/mol. The summed E-state index contributed by atoms with van der Waals surface area (Å²) in [6, 6.07) is 6.27. The Kier molecular flexibility index (Phi) is 2.41. The van der Waals surface area contributed by atoms with Gasteiger partial charge in [-0.15, -0.1) is 0 Å². The molecule has 0 saturated heterocycles. The minimum atomic E-state index is 0.108. The Morgan fingerprint density at radius 1 is 1.31 bits per heavy atom. The Morgan fingerprint density at radius 3 is 2.62 bits per heavy atom. The van der Waals surface area contributed by atoms with Crippen LogP contribution in [0.4, 0.5) is 11.4 Å². The number of nitrogens with one attached hydrogen (secondary N) is 1. The maximum Gasteiger partial charge on any atom is 0.246 e. The number of hydrogen-bond acceptors (Lipinski definition) is 2. The normalized spacial score (nSPS) is 15.8. The standard InChI is InChI=1S/C13H18N2O/c1-13(2,3)9-5-6-10-11(7-9)15(4)12(16)8-14-10/h5-7,14H,8H2,1-4H3. The molecule has 0 unspecified atom stereocenters. The van der Waals surface area contributed by atoms with E-state index in [4.69, 9.17) is 0 Å². The lowest BCUT2D eigenvalue weighted by Gasteiger charge is -2.29. The maximum atomic E-state index is 11.6. The third-order valence-corrected chi connectivity index (χ3v) is 3.03. The van der Waals surface area contributed by atoms with Gasteiger partial charge < -0.3 is 10.2 Å². The van der Waals surface area contributed by atoms with Crippen LogP contribution in [0, 0.1) is 0 Å². The molecule has 0 aromatic heterocycles. The summed E-state index contributed by atoms with van der Waals surface area (Å²) in [6.45, 7) is 6.91. The molecule has 3 nitrogen and oxygen atoms in total. The third kappa shape index (κ3) is 1.77. The average Bonchev–Trinajstić information content (AvgIpc) is 2.22. The number of anilines is 2. The van der Waals surface area contributed by atoms with E-state index in [2.05, 4.69) is 44.3 Å². The summed E-state index contributed by atoms with van der Waals surface area (Å²) in [7, 11) is 1.83. The van der Waals surface area contributed by atoms with Crippen molar-refractivity contribution in [1.82, 2.24) is 0 Å². The Labute approximate surface area is 96.5 Å². The van der Waals surface area contributed by atoms with E-state index in [1.807, 2.05) is 7.05 Å². The number of amides is 1. The van der Waals surface area contributed by atoms with Gasteiger partial charge in [0.1, 0.15) is 0 Å². The highest BCUT2D eigenvalue weighted by molar-refractivity contribution is 6.02. The van der Waals surface area contributed by atoms with Crippen LogP contribution in [0.5, 0.6) is 0 Å². The van der Waals surface area contributed by atoms with Gasteiger partial charge in [-0.05, 0) is 23.1 Å². The van der Waals surface area contributed by atoms with Crippen molar-refractivity contribution in [2.45, 2.75) is 26.2 Å². The molecule has 3 heteroatoms. The summed E-state index contributed by atoms with van der Waals surface area (Å²) in [5.74, 6) is 0.110. The molecule has 0 aliphatic carbocycles. The van der Waals surface area contributed by atoms with E-state index >= 15 is 0 Å². The lowest BCUT2D eigenvalue weighted by molar-refractivity contribution is -0.116. The lowest BCUT2D eigenvalue weighted by atomic mass is 9.86. The monoisotopic (exact) mass is 218 g/mol. The first kappa shape index (κ1) is 11.0. The maximum absolute atomic E-state index is 11.6. The third-order valence-electron chi connectivity index (χ3n) is 3.03. The van der Waals surface area contributed by atoms with Crippen molar-refractivity contribution in [3.05, 3.63) is 23.8 Å². The van der Waals surface area contributed by atoms with Crippen LogP contribution in [0.3, 0.4) is 0 Å². The van der Waals surface area contributed by atoms with Crippen LogP contribution >= 0.6 is 0 Å². The van der Waals surface area contributed by atoms with Gasteiger partial charge in [-0.2, -0.15) is 0 Å². The van der Waals surface area contributed by atoms with E-state index in [0.29, 0.717) is 6.54 Å². The second kappa shape index (κ2) is 3.51. The van der Waals surface area contributed by atoms with E-state index in [9.17, 15) is 4.79 Å². The molecule has 0 radical (unpaired) electrons. The van der Waals surface area contributed by atoms with E-state index < -0.39 is 0 Å². The van der Waals surface area contributed by atoms with Gasteiger partial charge in [-0.3, -0.25) is 4.79 Å². The van der Waals surface area contributed by atoms with Gasteiger partial charge >= 0.3 is 0 Å². The van der Waals surface area contributed by atoms with Gasteiger partial charge in [0.05, 0.1) is 17.9 Å². The minimum Gasteiger partial charge on any atom is -0.374 e. The van der Waals surface area contributed by atoms with Crippen LogP contribution in [-0.2, 0) is 10.2 Å². The van der Waals surface area contributed by atoms with Gasteiger partial charge in [0.25, 0.3) is 0 Å². The first-order valence-corrected chi connectivity index (χ1v) is 5.54. The van der Waals surface area contributed by atoms with Crippen LogP contribution in [0.1, 0.15) is 26.3 Å². The fourth-order valence-corrected chi connectivity index (χ4v) is 1.85. The molecule has 86 valence electrons. The van der Waals surface area contributed by atoms with E-state index in [0.717, 1.165) is 11.4 Å². The molecule has 0 saturated carbocycles. The Morgan fingerprint density at radius 2 is 2.00 bits per heavy atom. The number of hydrogen-bond donors (Lipinski definition) is 1. The minimum absolute atomic E-state index is 0.108. The number of rotatable bonds is 0. The second-order valence-corrected chi connectivity index (χ2v) is 5.29. The van der Waals surface area contributed by atoms with Crippen molar-refractivity contribution in [3.63, 3.8) is 0 Å². The van der Waals surface area contributed by atoms with Crippen LogP contribution in [0.15, 0.2) is 18.2 Å². The molecule has 2 rings (SSSR count). The van der Waals surface area contributed by atoms with Crippen LogP contribution < -0.4 is 10.2 Å². The molecule has 1 heterocycles. The first-order valence-electron chi connectivity index (χ1n) is 5.54. The smallest absolute Gasteiger partial charge is 0.246 e. The van der Waals surface area contributed by atoms with Gasteiger partial charge in [0, 0.05) is 7.05 Å². The van der Waals surface area contributed by atoms with E-state index in [-0.39, 0.29) is 11.3 Å². The second-order valence-electron chi connectivity index (χ2n) is 5.29. The topological polar surface area (TPSA) is 32.3 Å². The lowest BCUT2D eigenvalue weighted by Crippen LogP contribution is -2.37. The average molecular weight is 218 g/mol. The molecule has 1 aromatic carbocycles. The molecule has 0 fully saturated rings. The van der Waals surface area contributed by atoms with Crippen molar-refractivity contribution < 1.29 is 4.79 Å². The molecule has 1 aliphatic heterocycles. The van der Waals surface area contributed by atoms with Crippen LogP contribution in [-0.4, -0.2) is 19.5 Å². The molecule has 1 aliphatic rings. The molecule has 0 spiro atoms. The summed E-state index contributed by atoms with van der Waals surface area (Å²) < 4.78 is 0. The van der Waals surface area contributed by atoms with E-state index in [1.165, 1.54) is 5.56 Å². The number of likely N-dealkylation sites (N-methyl/N-ethyl adjacent to an activating group) is 1. The summed E-state index contributed by atoms with van der Waals surface area (Å²) >= 11 is 0. The van der Waals surface area contributed by atoms with Gasteiger partial charge in [0.15, 0.2) is 0 Å². The van der Waals surface area contributed by atoms with Gasteiger partial charge in [-0.25, -0.2) is 0 Å². The zero-order valence-corrected chi connectivity index (χ0v) is 10.3. The van der Waals surface area contributed by atoms with Crippen molar-refractivity contribution >= 4 is 17.3 Å². The Bertz CT molecular complexity index is 432. The summed E-state index contributed by atoms with van der Waals surface area (Å²) in [5, 5.41) is 3.13. The quantitative estimate of drug-likeness (QED) is 0.725. The zero-order valence-electron chi connectivity index (χ0n) is 10.3. The molecule has 1 amide bonds. The fourth-order valence-electron chi connectivity index (χ4n) is 1.85. The molecule has 1 N–H and O–H groups in total. The van der Waals surface area contributed by atoms with Crippen LogP contribution in [0.25, 0.3) is 0 Å². The SMILES string of the molecule is CN1C(=O)CNc2ccc(C(C)(C)C)cc21. The highest BCUT2D eigenvalue weighted by Gasteiger charge is 2.22. The Hall–Kier alpha value is -1.51. The molecule has 1 aromatic rings. The van der Waals surface area contributed by atoms with Crippen molar-refractivity contribution in [2.75, 3.05) is 23.8 Å².